The third-order valence-electron chi connectivity index (χ3n) is 4.41. The fourth-order valence-electron chi connectivity index (χ4n) is 2.83. The molecule has 2 N–H and O–H groups in total. The van der Waals surface area contributed by atoms with Gasteiger partial charge in [-0.2, -0.15) is 0 Å². The van der Waals surface area contributed by atoms with Crippen molar-refractivity contribution in [3.63, 3.8) is 0 Å². The van der Waals surface area contributed by atoms with E-state index >= 15 is 0 Å². The van der Waals surface area contributed by atoms with E-state index in [4.69, 9.17) is 27.9 Å². The standard InChI is InChI=1S/C22H20Cl2N4O3/c1-31-21(30)18(15-7-9-16(23)10-8-15)27-20(29)19-17(24)13-26-22(28-19)25-12-11-14-5-3-2-4-6-14/h2-10,13,18H,11-12H2,1H3,(H,27,29)(H,25,26,28). The SMILES string of the molecule is COC(=O)C(NC(=O)c1nc(NCCc2ccccc2)ncc1Cl)c1ccc(Cl)cc1. The highest BCUT2D eigenvalue weighted by Gasteiger charge is 2.26. The van der Waals surface area contributed by atoms with Gasteiger partial charge < -0.3 is 15.4 Å². The molecule has 0 saturated carbocycles. The molecule has 3 rings (SSSR count). The van der Waals surface area contributed by atoms with Crippen LogP contribution in [0.4, 0.5) is 5.95 Å². The first-order valence-electron chi connectivity index (χ1n) is 9.42. The number of hydrogen-bond acceptors (Lipinski definition) is 6. The summed E-state index contributed by atoms with van der Waals surface area (Å²) in [6.07, 6.45) is 2.10. The zero-order chi connectivity index (χ0) is 22.2. The first kappa shape index (κ1) is 22.5. The van der Waals surface area contributed by atoms with Crippen LogP contribution in [0, 0.1) is 0 Å². The van der Waals surface area contributed by atoms with Crippen molar-refractivity contribution < 1.29 is 14.3 Å². The smallest absolute Gasteiger partial charge is 0.333 e. The van der Waals surface area contributed by atoms with E-state index in [0.29, 0.717) is 17.1 Å². The fourth-order valence-corrected chi connectivity index (χ4v) is 3.13. The molecule has 9 heteroatoms. The van der Waals surface area contributed by atoms with Crippen LogP contribution in [0.1, 0.15) is 27.7 Å². The van der Waals surface area contributed by atoms with Gasteiger partial charge in [0.05, 0.1) is 18.3 Å². The van der Waals surface area contributed by atoms with Gasteiger partial charge in [0.1, 0.15) is 0 Å². The zero-order valence-corrected chi connectivity index (χ0v) is 18.2. The van der Waals surface area contributed by atoms with Gasteiger partial charge in [0.2, 0.25) is 5.95 Å². The molecule has 1 heterocycles. The maximum absolute atomic E-state index is 12.8. The monoisotopic (exact) mass is 458 g/mol. The molecule has 31 heavy (non-hydrogen) atoms. The number of carbonyl (C=O) groups excluding carboxylic acids is 2. The number of rotatable bonds is 8. The van der Waals surface area contributed by atoms with E-state index in [1.54, 1.807) is 24.3 Å². The maximum atomic E-state index is 12.8. The van der Waals surface area contributed by atoms with Gasteiger partial charge in [-0.05, 0) is 29.7 Å². The van der Waals surface area contributed by atoms with Crippen LogP contribution in [-0.4, -0.2) is 35.5 Å². The van der Waals surface area contributed by atoms with Crippen molar-refractivity contribution in [2.45, 2.75) is 12.5 Å². The van der Waals surface area contributed by atoms with Gasteiger partial charge in [0, 0.05) is 11.6 Å². The molecule has 0 spiro atoms. The number of hydrogen-bond donors (Lipinski definition) is 2. The van der Waals surface area contributed by atoms with Crippen LogP contribution in [0.15, 0.2) is 60.8 Å². The Balaban J connectivity index is 1.72. The summed E-state index contributed by atoms with van der Waals surface area (Å²) in [6.45, 7) is 0.572. The molecule has 160 valence electrons. The normalized spacial score (nSPS) is 11.5. The predicted octanol–water partition coefficient (Wildman–Crippen LogP) is 4.08. The van der Waals surface area contributed by atoms with Crippen LogP contribution < -0.4 is 10.6 Å². The van der Waals surface area contributed by atoms with Crippen molar-refractivity contribution in [2.75, 3.05) is 19.0 Å². The highest BCUT2D eigenvalue weighted by atomic mass is 35.5. The molecule has 1 unspecified atom stereocenters. The average molecular weight is 459 g/mol. The van der Waals surface area contributed by atoms with Crippen LogP contribution in [0.5, 0.6) is 0 Å². The summed E-state index contributed by atoms with van der Waals surface area (Å²) in [5, 5.41) is 6.25. The summed E-state index contributed by atoms with van der Waals surface area (Å²) < 4.78 is 4.82. The molecule has 0 bridgehead atoms. The molecule has 1 amide bonds. The summed E-state index contributed by atoms with van der Waals surface area (Å²) in [5.74, 6) is -1.02. The Hall–Kier alpha value is -3.16. The maximum Gasteiger partial charge on any atom is 0.333 e. The van der Waals surface area contributed by atoms with Gasteiger partial charge in [-0.25, -0.2) is 14.8 Å². The zero-order valence-electron chi connectivity index (χ0n) is 16.6. The van der Waals surface area contributed by atoms with Crippen LogP contribution in [0.3, 0.4) is 0 Å². The third kappa shape index (κ3) is 6.16. The van der Waals surface area contributed by atoms with E-state index in [0.717, 1.165) is 12.0 Å². The summed E-state index contributed by atoms with van der Waals surface area (Å²) in [4.78, 5) is 33.4. The summed E-state index contributed by atoms with van der Waals surface area (Å²) in [7, 11) is 1.24. The third-order valence-corrected chi connectivity index (χ3v) is 4.94. The van der Waals surface area contributed by atoms with Crippen molar-refractivity contribution in [1.29, 1.82) is 0 Å². The number of aromatic nitrogens is 2. The van der Waals surface area contributed by atoms with E-state index in [1.165, 1.54) is 13.3 Å². The second-order valence-electron chi connectivity index (χ2n) is 6.53. The lowest BCUT2D eigenvalue weighted by atomic mass is 10.1. The van der Waals surface area contributed by atoms with Crippen molar-refractivity contribution >= 4 is 41.0 Å². The average Bonchev–Trinajstić information content (AvgIpc) is 2.79. The number of halogens is 2. The lowest BCUT2D eigenvalue weighted by Gasteiger charge is -2.17. The summed E-state index contributed by atoms with van der Waals surface area (Å²) in [6, 6.07) is 15.4. The highest BCUT2D eigenvalue weighted by Crippen LogP contribution is 2.20. The van der Waals surface area contributed by atoms with E-state index in [9.17, 15) is 9.59 Å². The van der Waals surface area contributed by atoms with E-state index < -0.39 is 17.9 Å². The Labute approximate surface area is 189 Å². The number of ether oxygens (including phenoxy) is 1. The van der Waals surface area contributed by atoms with Gasteiger partial charge in [-0.1, -0.05) is 65.7 Å². The topological polar surface area (TPSA) is 93.2 Å². The number of amides is 1. The van der Waals surface area contributed by atoms with Gasteiger partial charge in [0.15, 0.2) is 11.7 Å². The first-order valence-corrected chi connectivity index (χ1v) is 10.2. The summed E-state index contributed by atoms with van der Waals surface area (Å²) in [5.41, 5.74) is 1.61. The quantitative estimate of drug-likeness (QED) is 0.493. The first-order chi connectivity index (χ1) is 15.0. The van der Waals surface area contributed by atoms with E-state index in [-0.39, 0.29) is 16.7 Å². The Bertz CT molecular complexity index is 1050. The van der Waals surface area contributed by atoms with Crippen LogP contribution in [-0.2, 0) is 16.0 Å². The molecule has 1 aromatic heterocycles. The van der Waals surface area contributed by atoms with Crippen LogP contribution in [0.25, 0.3) is 0 Å². The van der Waals surface area contributed by atoms with Crippen molar-refractivity contribution in [1.82, 2.24) is 15.3 Å². The molecular weight excluding hydrogens is 439 g/mol. The largest absolute Gasteiger partial charge is 0.467 e. The Morgan fingerprint density at radius 1 is 1.06 bits per heavy atom. The molecule has 7 nitrogen and oxygen atoms in total. The van der Waals surface area contributed by atoms with Crippen molar-refractivity contribution in [3.05, 3.63) is 87.7 Å². The molecular formula is C22H20Cl2N4O3. The highest BCUT2D eigenvalue weighted by molar-refractivity contribution is 6.33. The number of methoxy groups -OCH3 is 1. The minimum atomic E-state index is -1.05. The molecule has 2 aromatic carbocycles. The number of anilines is 1. The number of nitrogens with one attached hydrogen (secondary N) is 2. The number of carbonyl (C=O) groups is 2. The van der Waals surface area contributed by atoms with Crippen LogP contribution in [0.2, 0.25) is 10.0 Å². The molecule has 0 saturated heterocycles. The lowest BCUT2D eigenvalue weighted by Crippen LogP contribution is -2.35. The van der Waals surface area contributed by atoms with Gasteiger partial charge in [0.25, 0.3) is 5.91 Å². The Morgan fingerprint density at radius 3 is 2.45 bits per heavy atom. The molecule has 0 aliphatic carbocycles. The van der Waals surface area contributed by atoms with E-state index in [2.05, 4.69) is 20.6 Å². The van der Waals surface area contributed by atoms with E-state index in [1.807, 2.05) is 30.3 Å². The lowest BCUT2D eigenvalue weighted by molar-refractivity contribution is -0.143. The molecule has 0 aliphatic rings. The van der Waals surface area contributed by atoms with Gasteiger partial charge in [-0.15, -0.1) is 0 Å². The van der Waals surface area contributed by atoms with Gasteiger partial charge >= 0.3 is 5.97 Å². The second-order valence-corrected chi connectivity index (χ2v) is 7.38. The Kier molecular flexibility index (Phi) is 7.81. The molecule has 3 aromatic rings. The minimum Gasteiger partial charge on any atom is -0.467 e. The summed E-state index contributed by atoms with van der Waals surface area (Å²) >= 11 is 12.0. The molecule has 0 fully saturated rings. The Morgan fingerprint density at radius 2 is 1.77 bits per heavy atom. The van der Waals surface area contributed by atoms with Crippen LogP contribution >= 0.6 is 23.2 Å². The number of esters is 1. The number of benzene rings is 2. The molecule has 0 radical (unpaired) electrons. The minimum absolute atomic E-state index is 0.0539. The van der Waals surface area contributed by atoms with Crippen molar-refractivity contribution in [2.24, 2.45) is 0 Å². The molecule has 1 atom stereocenters. The second kappa shape index (κ2) is 10.7. The fraction of sp³-hybridized carbons (Fsp3) is 0.182. The van der Waals surface area contributed by atoms with Gasteiger partial charge in [-0.3, -0.25) is 4.79 Å². The number of nitrogens with zero attached hydrogens (tertiary/aromatic N) is 2. The predicted molar refractivity (Wildman–Crippen MR) is 119 cm³/mol. The molecule has 0 aliphatic heterocycles. The van der Waals surface area contributed by atoms with Crippen molar-refractivity contribution in [3.8, 4) is 0 Å².